The van der Waals surface area contributed by atoms with Gasteiger partial charge in [0.15, 0.2) is 0 Å². The van der Waals surface area contributed by atoms with Crippen LogP contribution < -0.4 is 30.0 Å². The first-order valence-electron chi connectivity index (χ1n) is 7.18. The van der Waals surface area contributed by atoms with Crippen molar-refractivity contribution in [3.8, 4) is 23.0 Å². The average molecular weight is 297 g/mol. The molecule has 1 aliphatic heterocycles. The molecule has 0 aromatic heterocycles. The normalized spacial score (nSPS) is 11.6. The molecule has 2 aromatic rings. The van der Waals surface area contributed by atoms with E-state index in [4.69, 9.17) is 14.2 Å². The minimum atomic E-state index is 0.748. The van der Waals surface area contributed by atoms with Crippen LogP contribution >= 0.6 is 0 Å². The van der Waals surface area contributed by atoms with Gasteiger partial charge in [-0.3, -0.25) is 0 Å². The van der Waals surface area contributed by atoms with Gasteiger partial charge in [-0.2, -0.15) is 0 Å². The van der Waals surface area contributed by atoms with E-state index in [0.717, 1.165) is 51.2 Å². The third-order valence-electron chi connectivity index (χ3n) is 3.64. The lowest BCUT2D eigenvalue weighted by atomic mass is 10.1. The average Bonchev–Trinajstić information content (AvgIpc) is 2.52. The second-order valence-corrected chi connectivity index (χ2v) is 5.07. The third-order valence-corrected chi connectivity index (χ3v) is 3.64. The fraction of sp³-hybridized carbons (Fsp3) is 0.222. The van der Waals surface area contributed by atoms with E-state index >= 15 is 0 Å². The van der Waals surface area contributed by atoms with Crippen LogP contribution in [0.2, 0.25) is 0 Å². The Morgan fingerprint density at radius 2 is 1.82 bits per heavy atom. The molecule has 1 aliphatic rings. The maximum absolute atomic E-state index is 6.02. The summed E-state index contributed by atoms with van der Waals surface area (Å²) in [5, 5.41) is 5.05. The molecular weight excluding hydrogens is 278 g/mol. The second-order valence-electron chi connectivity index (χ2n) is 5.07. The van der Waals surface area contributed by atoms with Crippen LogP contribution in [0.3, 0.4) is 0 Å². The van der Waals surface area contributed by atoms with Crippen LogP contribution in [-0.2, 0) is 0 Å². The largest absolute Gasteiger partial charge is 0.496 e. The number of rotatable bonds is 4. The van der Waals surface area contributed by atoms with Gasteiger partial charge in [-0.25, -0.2) is 0 Å². The van der Waals surface area contributed by atoms with Crippen molar-refractivity contribution in [3.05, 3.63) is 40.3 Å². The maximum Gasteiger partial charge on any atom is 0.142 e. The number of fused-ring (bicyclic) bond motifs is 2. The second kappa shape index (κ2) is 5.64. The minimum absolute atomic E-state index is 0.748. The van der Waals surface area contributed by atoms with Crippen molar-refractivity contribution in [1.82, 2.24) is 0 Å². The molecule has 0 bridgehead atoms. The highest BCUT2D eigenvalue weighted by Gasteiger charge is 2.16. The van der Waals surface area contributed by atoms with Crippen LogP contribution in [-0.4, -0.2) is 20.8 Å². The number of methoxy groups -OCH3 is 2. The van der Waals surface area contributed by atoms with Crippen LogP contribution in [0.5, 0.6) is 23.0 Å². The Balaban J connectivity index is 2.17. The first-order valence-corrected chi connectivity index (χ1v) is 7.18. The summed E-state index contributed by atoms with van der Waals surface area (Å²) >= 11 is 0. The predicted octanol–water partition coefficient (Wildman–Crippen LogP) is 2.48. The van der Waals surface area contributed by atoms with Crippen molar-refractivity contribution in [2.24, 2.45) is 0 Å². The lowest BCUT2D eigenvalue weighted by Gasteiger charge is -2.19. The molecule has 0 saturated heterocycles. The molecule has 2 aromatic carbocycles. The highest BCUT2D eigenvalue weighted by molar-refractivity contribution is 5.72. The number of anilines is 1. The molecule has 1 heterocycles. The van der Waals surface area contributed by atoms with E-state index < -0.39 is 0 Å². The molecule has 22 heavy (non-hydrogen) atoms. The highest BCUT2D eigenvalue weighted by atomic mass is 16.5. The lowest BCUT2D eigenvalue weighted by Crippen LogP contribution is -2.17. The van der Waals surface area contributed by atoms with Crippen LogP contribution in [0.15, 0.2) is 24.3 Å². The van der Waals surface area contributed by atoms with E-state index in [-0.39, 0.29) is 0 Å². The molecule has 0 radical (unpaired) electrons. The molecule has 4 heteroatoms. The first-order chi connectivity index (χ1) is 10.7. The van der Waals surface area contributed by atoms with Gasteiger partial charge >= 0.3 is 0 Å². The van der Waals surface area contributed by atoms with Crippen LogP contribution in [0, 0.1) is 0 Å². The smallest absolute Gasteiger partial charge is 0.142 e. The van der Waals surface area contributed by atoms with E-state index in [1.165, 1.54) is 0 Å². The van der Waals surface area contributed by atoms with E-state index in [2.05, 4.69) is 18.0 Å². The van der Waals surface area contributed by atoms with Gasteiger partial charge < -0.3 is 19.5 Å². The molecule has 1 N–H and O–H groups in total. The molecular formula is C18H19NO3. The molecule has 114 valence electrons. The minimum Gasteiger partial charge on any atom is -0.496 e. The topological polar surface area (TPSA) is 39.7 Å². The fourth-order valence-corrected chi connectivity index (χ4v) is 2.57. The number of benzene rings is 2. The monoisotopic (exact) mass is 297 g/mol. The SMILES string of the molecule is C=c1cc2c(cc1OC)=Cc1cc(OC)c(NCC)cc1O2. The van der Waals surface area contributed by atoms with E-state index in [0.29, 0.717) is 0 Å². The summed E-state index contributed by atoms with van der Waals surface area (Å²) in [7, 11) is 3.30. The van der Waals surface area contributed by atoms with Crippen molar-refractivity contribution in [1.29, 1.82) is 0 Å². The molecule has 0 spiro atoms. The van der Waals surface area contributed by atoms with Crippen molar-refractivity contribution < 1.29 is 14.2 Å². The van der Waals surface area contributed by atoms with Gasteiger partial charge in [-0.15, -0.1) is 0 Å². The Morgan fingerprint density at radius 1 is 1.05 bits per heavy atom. The van der Waals surface area contributed by atoms with Crippen molar-refractivity contribution in [2.45, 2.75) is 6.92 Å². The molecule has 0 aliphatic carbocycles. The zero-order valence-electron chi connectivity index (χ0n) is 13.0. The molecule has 0 atom stereocenters. The van der Waals surface area contributed by atoms with Gasteiger partial charge in [-0.05, 0) is 31.2 Å². The van der Waals surface area contributed by atoms with Gasteiger partial charge in [0, 0.05) is 28.6 Å². The van der Waals surface area contributed by atoms with Crippen molar-refractivity contribution in [3.63, 3.8) is 0 Å². The third kappa shape index (κ3) is 2.37. The summed E-state index contributed by atoms with van der Waals surface area (Å²) in [5.74, 6) is 3.13. The summed E-state index contributed by atoms with van der Waals surface area (Å²) in [5.41, 5.74) is 1.90. The number of ether oxygens (including phenoxy) is 3. The van der Waals surface area contributed by atoms with Crippen LogP contribution in [0.4, 0.5) is 5.69 Å². The molecule has 4 nitrogen and oxygen atoms in total. The van der Waals surface area contributed by atoms with E-state index in [9.17, 15) is 0 Å². The number of hydrogen-bond donors (Lipinski definition) is 1. The summed E-state index contributed by atoms with van der Waals surface area (Å²) in [4.78, 5) is 0. The zero-order chi connectivity index (χ0) is 15.7. The Morgan fingerprint density at radius 3 is 2.50 bits per heavy atom. The van der Waals surface area contributed by atoms with Gasteiger partial charge in [0.1, 0.15) is 23.0 Å². The zero-order valence-corrected chi connectivity index (χ0v) is 13.0. The van der Waals surface area contributed by atoms with Gasteiger partial charge in [0.2, 0.25) is 0 Å². The number of hydrogen-bond acceptors (Lipinski definition) is 4. The summed E-state index contributed by atoms with van der Waals surface area (Å²) in [6.07, 6.45) is 2.06. The number of nitrogens with one attached hydrogen (secondary N) is 1. The quantitative estimate of drug-likeness (QED) is 0.803. The molecule has 0 unspecified atom stereocenters. The molecule has 0 amide bonds. The summed E-state index contributed by atoms with van der Waals surface area (Å²) in [6.45, 7) is 6.84. The Labute approximate surface area is 129 Å². The Bertz CT molecular complexity index is 827. The van der Waals surface area contributed by atoms with Gasteiger partial charge in [0.25, 0.3) is 0 Å². The highest BCUT2D eigenvalue weighted by Crippen LogP contribution is 2.36. The molecule has 3 rings (SSSR count). The van der Waals surface area contributed by atoms with Crippen LogP contribution in [0.25, 0.3) is 12.7 Å². The van der Waals surface area contributed by atoms with Gasteiger partial charge in [0.05, 0.1) is 19.9 Å². The fourth-order valence-electron chi connectivity index (χ4n) is 2.57. The van der Waals surface area contributed by atoms with E-state index in [1.54, 1.807) is 14.2 Å². The van der Waals surface area contributed by atoms with Crippen molar-refractivity contribution in [2.75, 3.05) is 26.1 Å². The first kappa shape index (κ1) is 14.3. The molecule has 0 saturated carbocycles. The summed E-state index contributed by atoms with van der Waals surface area (Å²) in [6, 6.07) is 7.76. The molecule has 0 fully saturated rings. The van der Waals surface area contributed by atoms with Crippen molar-refractivity contribution >= 4 is 18.3 Å². The summed E-state index contributed by atoms with van der Waals surface area (Å²) < 4.78 is 16.8. The lowest BCUT2D eigenvalue weighted by molar-refractivity contribution is 0.407. The predicted molar refractivity (Wildman–Crippen MR) is 88.6 cm³/mol. The van der Waals surface area contributed by atoms with Gasteiger partial charge in [-0.1, -0.05) is 6.58 Å². The standard InChI is InChI=1S/C18H19NO3/c1-5-19-14-10-17-13(9-18(14)21-4)7-12-8-15(20-3)11(2)6-16(12)22-17/h6-10,19H,2,5H2,1,3-4H3. The Hall–Kier alpha value is -2.62. The van der Waals surface area contributed by atoms with Crippen LogP contribution in [0.1, 0.15) is 12.5 Å². The van der Waals surface area contributed by atoms with E-state index in [1.807, 2.05) is 31.2 Å². The maximum atomic E-state index is 6.02. The Kier molecular flexibility index (Phi) is 3.67.